The third kappa shape index (κ3) is 6.14. The third-order valence-corrected chi connectivity index (χ3v) is 10.0. The van der Waals surface area contributed by atoms with Crippen LogP contribution in [0.2, 0.25) is 0 Å². The molecule has 0 unspecified atom stereocenters. The van der Waals surface area contributed by atoms with Crippen molar-refractivity contribution >= 4 is 21.8 Å². The predicted octanol–water partition coefficient (Wildman–Crippen LogP) is 12.4. The standard InChI is InChI=1S/C50H33N5/c1-4-16-34(17-5-1)43-32-44(52-49(51-43)35-18-6-2-7-19-35)39-24-14-22-37(30-39)38-23-15-25-40(31-38)45-33-48(54-50(53-45)36-20-8-3-9-21-36)55-46-28-12-10-26-41(46)42-27-11-13-29-47(42)55/h1-33H. The first-order valence-electron chi connectivity index (χ1n) is 18.4. The number of nitrogens with zero attached hydrogens (tertiary/aromatic N) is 5. The summed E-state index contributed by atoms with van der Waals surface area (Å²) in [6.45, 7) is 0. The summed E-state index contributed by atoms with van der Waals surface area (Å²) in [5.41, 5.74) is 12.0. The molecule has 0 atom stereocenters. The normalized spacial score (nSPS) is 11.3. The number of aromatic nitrogens is 5. The number of hydrogen-bond acceptors (Lipinski definition) is 4. The van der Waals surface area contributed by atoms with Crippen LogP contribution in [0.5, 0.6) is 0 Å². The van der Waals surface area contributed by atoms with Crippen LogP contribution in [-0.2, 0) is 0 Å². The van der Waals surface area contributed by atoms with Gasteiger partial charge >= 0.3 is 0 Å². The Balaban J connectivity index is 1.09. The van der Waals surface area contributed by atoms with E-state index >= 15 is 0 Å². The molecule has 3 aromatic heterocycles. The Hall–Kier alpha value is -7.50. The molecule has 0 N–H and O–H groups in total. The van der Waals surface area contributed by atoms with E-state index in [0.717, 1.165) is 72.9 Å². The van der Waals surface area contributed by atoms with E-state index in [1.54, 1.807) is 0 Å². The van der Waals surface area contributed by atoms with Crippen LogP contribution < -0.4 is 0 Å². The average Bonchev–Trinajstić information content (AvgIpc) is 3.61. The number of hydrogen-bond donors (Lipinski definition) is 0. The smallest absolute Gasteiger partial charge is 0.162 e. The summed E-state index contributed by atoms with van der Waals surface area (Å²) in [5, 5.41) is 2.38. The van der Waals surface area contributed by atoms with Gasteiger partial charge in [-0.2, -0.15) is 0 Å². The molecule has 0 aliphatic heterocycles. The summed E-state index contributed by atoms with van der Waals surface area (Å²) in [6.07, 6.45) is 0. The molecule has 0 spiro atoms. The molecule has 10 aromatic rings. The summed E-state index contributed by atoms with van der Waals surface area (Å²) in [6, 6.07) is 69.1. The second-order valence-corrected chi connectivity index (χ2v) is 13.5. The Bertz CT molecular complexity index is 2860. The molecule has 258 valence electrons. The molecule has 0 fully saturated rings. The van der Waals surface area contributed by atoms with Gasteiger partial charge in [-0.15, -0.1) is 0 Å². The quantitative estimate of drug-likeness (QED) is 0.166. The lowest BCUT2D eigenvalue weighted by atomic mass is 9.98. The van der Waals surface area contributed by atoms with Crippen LogP contribution in [0.4, 0.5) is 0 Å². The minimum Gasteiger partial charge on any atom is -0.294 e. The second kappa shape index (κ2) is 13.8. The van der Waals surface area contributed by atoms with E-state index in [1.807, 2.05) is 54.6 Å². The molecule has 5 heteroatoms. The molecule has 0 aliphatic carbocycles. The van der Waals surface area contributed by atoms with E-state index in [-0.39, 0.29) is 0 Å². The highest BCUT2D eigenvalue weighted by molar-refractivity contribution is 6.09. The second-order valence-electron chi connectivity index (χ2n) is 13.5. The maximum Gasteiger partial charge on any atom is 0.162 e. The zero-order chi connectivity index (χ0) is 36.6. The van der Waals surface area contributed by atoms with Gasteiger partial charge in [-0.25, -0.2) is 19.9 Å². The van der Waals surface area contributed by atoms with E-state index in [2.05, 4.69) is 150 Å². The van der Waals surface area contributed by atoms with Gasteiger partial charge in [0.05, 0.1) is 28.1 Å². The first-order valence-corrected chi connectivity index (χ1v) is 18.4. The maximum absolute atomic E-state index is 5.20. The van der Waals surface area contributed by atoms with Gasteiger partial charge in [0.25, 0.3) is 0 Å². The maximum atomic E-state index is 5.20. The van der Waals surface area contributed by atoms with Gasteiger partial charge in [0.1, 0.15) is 5.82 Å². The molecule has 3 heterocycles. The lowest BCUT2D eigenvalue weighted by molar-refractivity contribution is 1.05. The van der Waals surface area contributed by atoms with Gasteiger partial charge in [0.15, 0.2) is 11.6 Å². The first kappa shape index (κ1) is 32.2. The van der Waals surface area contributed by atoms with Gasteiger partial charge in [0, 0.05) is 44.7 Å². The average molecular weight is 704 g/mol. The lowest BCUT2D eigenvalue weighted by Crippen LogP contribution is -2.02. The van der Waals surface area contributed by atoms with Crippen LogP contribution >= 0.6 is 0 Å². The number of benzene rings is 7. The van der Waals surface area contributed by atoms with Crippen molar-refractivity contribution in [1.82, 2.24) is 24.5 Å². The van der Waals surface area contributed by atoms with Crippen molar-refractivity contribution in [2.45, 2.75) is 0 Å². The molecule has 0 saturated carbocycles. The highest BCUT2D eigenvalue weighted by Crippen LogP contribution is 2.35. The topological polar surface area (TPSA) is 56.5 Å². The molecule has 7 aromatic carbocycles. The number of fused-ring (bicyclic) bond motifs is 3. The predicted molar refractivity (Wildman–Crippen MR) is 225 cm³/mol. The van der Waals surface area contributed by atoms with Crippen LogP contribution in [0.3, 0.4) is 0 Å². The minimum atomic E-state index is 0.676. The van der Waals surface area contributed by atoms with Gasteiger partial charge in [-0.3, -0.25) is 4.57 Å². The monoisotopic (exact) mass is 703 g/mol. The van der Waals surface area contributed by atoms with Crippen LogP contribution in [-0.4, -0.2) is 24.5 Å². The van der Waals surface area contributed by atoms with Crippen molar-refractivity contribution < 1.29 is 0 Å². The minimum absolute atomic E-state index is 0.676. The van der Waals surface area contributed by atoms with Crippen LogP contribution in [0.1, 0.15) is 0 Å². The van der Waals surface area contributed by atoms with Crippen molar-refractivity contribution in [2.75, 3.05) is 0 Å². The van der Waals surface area contributed by atoms with Crippen molar-refractivity contribution in [3.8, 4) is 73.5 Å². The molecular formula is C50H33N5. The highest BCUT2D eigenvalue weighted by Gasteiger charge is 2.17. The van der Waals surface area contributed by atoms with Crippen molar-refractivity contribution in [3.05, 3.63) is 200 Å². The first-order chi connectivity index (χ1) is 27.2. The Morgan fingerprint density at radius 3 is 1.18 bits per heavy atom. The third-order valence-electron chi connectivity index (χ3n) is 10.0. The summed E-state index contributed by atoms with van der Waals surface area (Å²) >= 11 is 0. The van der Waals surface area contributed by atoms with Crippen LogP contribution in [0.15, 0.2) is 200 Å². The van der Waals surface area contributed by atoms with Gasteiger partial charge < -0.3 is 0 Å². The van der Waals surface area contributed by atoms with Gasteiger partial charge in [-0.05, 0) is 41.5 Å². The molecular weight excluding hydrogens is 671 g/mol. The fourth-order valence-electron chi connectivity index (χ4n) is 7.37. The molecule has 0 saturated heterocycles. The molecule has 10 rings (SSSR count). The molecule has 0 amide bonds. The molecule has 0 bridgehead atoms. The summed E-state index contributed by atoms with van der Waals surface area (Å²) in [7, 11) is 0. The van der Waals surface area contributed by atoms with Gasteiger partial charge in [0.2, 0.25) is 0 Å². The van der Waals surface area contributed by atoms with E-state index in [4.69, 9.17) is 19.9 Å². The summed E-state index contributed by atoms with van der Waals surface area (Å²) in [5.74, 6) is 2.19. The van der Waals surface area contributed by atoms with E-state index in [9.17, 15) is 0 Å². The van der Waals surface area contributed by atoms with Crippen LogP contribution in [0.25, 0.3) is 95.3 Å². The molecule has 5 nitrogen and oxygen atoms in total. The Kier molecular flexibility index (Phi) is 8.08. The van der Waals surface area contributed by atoms with E-state index in [0.29, 0.717) is 11.6 Å². The SMILES string of the molecule is c1ccc(-c2cc(-c3cccc(-c4cccc(-c5cc(-n6c7ccccc7c7ccccc76)nc(-c6ccccc6)n5)c4)c3)nc(-c3ccccc3)n2)cc1. The fourth-order valence-corrected chi connectivity index (χ4v) is 7.37. The largest absolute Gasteiger partial charge is 0.294 e. The van der Waals surface area contributed by atoms with E-state index < -0.39 is 0 Å². The van der Waals surface area contributed by atoms with E-state index in [1.165, 1.54) is 10.8 Å². The Morgan fingerprint density at radius 1 is 0.273 bits per heavy atom. The fraction of sp³-hybridized carbons (Fsp3) is 0. The van der Waals surface area contributed by atoms with Crippen LogP contribution in [0, 0.1) is 0 Å². The molecule has 55 heavy (non-hydrogen) atoms. The van der Waals surface area contributed by atoms with Gasteiger partial charge in [-0.1, -0.05) is 164 Å². The molecule has 0 aliphatic rings. The summed E-state index contributed by atoms with van der Waals surface area (Å²) < 4.78 is 2.25. The Morgan fingerprint density at radius 2 is 0.655 bits per heavy atom. The van der Waals surface area contributed by atoms with Crippen molar-refractivity contribution in [1.29, 1.82) is 0 Å². The zero-order valence-electron chi connectivity index (χ0n) is 29.8. The Labute approximate surface area is 318 Å². The number of para-hydroxylation sites is 2. The highest BCUT2D eigenvalue weighted by atomic mass is 15.1. The number of rotatable bonds is 7. The summed E-state index contributed by atoms with van der Waals surface area (Å²) in [4.78, 5) is 20.4. The molecule has 0 radical (unpaired) electrons. The van der Waals surface area contributed by atoms with Crippen molar-refractivity contribution in [3.63, 3.8) is 0 Å². The zero-order valence-corrected chi connectivity index (χ0v) is 29.8. The van der Waals surface area contributed by atoms with Crippen molar-refractivity contribution in [2.24, 2.45) is 0 Å². The lowest BCUT2D eigenvalue weighted by Gasteiger charge is -2.13.